The predicted octanol–water partition coefficient (Wildman–Crippen LogP) is 5.14. The van der Waals surface area contributed by atoms with E-state index < -0.39 is 0 Å². The molecule has 136 valence electrons. The van der Waals surface area contributed by atoms with Crippen LogP contribution < -0.4 is 0 Å². The van der Waals surface area contributed by atoms with E-state index in [0.29, 0.717) is 11.8 Å². The van der Waals surface area contributed by atoms with Crippen LogP contribution in [0.4, 0.5) is 0 Å². The van der Waals surface area contributed by atoms with Crippen molar-refractivity contribution in [2.45, 2.75) is 70.5 Å². The van der Waals surface area contributed by atoms with Crippen molar-refractivity contribution in [2.75, 3.05) is 5.75 Å². The Bertz CT molecular complexity index is 695. The summed E-state index contributed by atoms with van der Waals surface area (Å²) in [6.07, 6.45) is 7.07. The zero-order valence-corrected chi connectivity index (χ0v) is 17.0. The van der Waals surface area contributed by atoms with Gasteiger partial charge in [0.25, 0.3) is 0 Å². The van der Waals surface area contributed by atoms with Crippen LogP contribution in [0.15, 0.2) is 22.7 Å². The molecule has 0 saturated heterocycles. The number of aromatic nitrogens is 3. The minimum atomic E-state index is -0.303. The molecule has 0 bridgehead atoms. The van der Waals surface area contributed by atoms with E-state index in [0.717, 1.165) is 17.4 Å². The van der Waals surface area contributed by atoms with Crippen LogP contribution in [0, 0.1) is 5.41 Å². The molecule has 25 heavy (non-hydrogen) atoms. The number of thioether (sulfide) groups is 1. The molecule has 2 heterocycles. The highest BCUT2D eigenvalue weighted by molar-refractivity contribution is 7.99. The smallest absolute Gasteiger partial charge is 0.191 e. The van der Waals surface area contributed by atoms with E-state index in [2.05, 4.69) is 32.3 Å². The van der Waals surface area contributed by atoms with Crippen LogP contribution in [0.25, 0.3) is 0 Å². The van der Waals surface area contributed by atoms with Crippen LogP contribution in [0.5, 0.6) is 0 Å². The minimum absolute atomic E-state index is 0.260. The number of Topliss-reactive ketones (excluding diaryl/α,β-unsaturated/α-hetero) is 1. The monoisotopic (exact) mass is 377 g/mol. The summed E-state index contributed by atoms with van der Waals surface area (Å²) >= 11 is 3.31. The molecule has 1 aliphatic carbocycles. The molecule has 0 spiro atoms. The summed E-state index contributed by atoms with van der Waals surface area (Å²) in [5.74, 6) is 1.77. The quantitative estimate of drug-likeness (QED) is 0.654. The van der Waals surface area contributed by atoms with E-state index in [1.165, 1.54) is 37.0 Å². The lowest BCUT2D eigenvalue weighted by Gasteiger charge is -2.25. The SMILES string of the molecule is CC(C)(C)C(=O)CSc1nnc(Cc2cccs2)n1C1CCCCC1. The fourth-order valence-corrected chi connectivity index (χ4v) is 5.03. The van der Waals surface area contributed by atoms with E-state index in [9.17, 15) is 4.79 Å². The second-order valence-electron chi connectivity index (χ2n) is 7.78. The van der Waals surface area contributed by atoms with E-state index in [4.69, 9.17) is 0 Å². The lowest BCUT2D eigenvalue weighted by atomic mass is 9.92. The highest BCUT2D eigenvalue weighted by Crippen LogP contribution is 2.34. The molecule has 4 nitrogen and oxygen atoms in total. The van der Waals surface area contributed by atoms with Gasteiger partial charge in [-0.1, -0.05) is 57.9 Å². The first kappa shape index (κ1) is 18.6. The second-order valence-corrected chi connectivity index (χ2v) is 9.75. The van der Waals surface area contributed by atoms with Crippen molar-refractivity contribution >= 4 is 28.9 Å². The van der Waals surface area contributed by atoms with Crippen molar-refractivity contribution in [1.82, 2.24) is 14.8 Å². The van der Waals surface area contributed by atoms with E-state index in [1.54, 1.807) is 23.1 Å². The second kappa shape index (κ2) is 8.04. The number of carbonyl (C=O) groups is 1. The molecule has 0 amide bonds. The average Bonchev–Trinajstić information content (AvgIpc) is 3.23. The first-order chi connectivity index (χ1) is 11.9. The summed E-state index contributed by atoms with van der Waals surface area (Å²) in [7, 11) is 0. The van der Waals surface area contributed by atoms with Gasteiger partial charge in [-0.15, -0.1) is 21.5 Å². The normalized spacial score (nSPS) is 16.3. The summed E-state index contributed by atoms with van der Waals surface area (Å²) in [6, 6.07) is 4.71. The van der Waals surface area contributed by atoms with Gasteiger partial charge in [0.2, 0.25) is 0 Å². The van der Waals surface area contributed by atoms with Crippen molar-refractivity contribution in [3.63, 3.8) is 0 Å². The number of hydrogen-bond acceptors (Lipinski definition) is 5. The molecule has 3 rings (SSSR count). The van der Waals surface area contributed by atoms with E-state index in [1.807, 2.05) is 20.8 Å². The molecule has 1 aliphatic rings. The predicted molar refractivity (Wildman–Crippen MR) is 104 cm³/mol. The number of hydrogen-bond donors (Lipinski definition) is 0. The molecular formula is C19H27N3OS2. The van der Waals surface area contributed by atoms with Crippen LogP contribution >= 0.6 is 23.1 Å². The zero-order valence-electron chi connectivity index (χ0n) is 15.3. The van der Waals surface area contributed by atoms with Crippen LogP contribution in [0.2, 0.25) is 0 Å². The third-order valence-corrected chi connectivity index (χ3v) is 6.58. The number of nitrogens with zero attached hydrogens (tertiary/aromatic N) is 3. The number of carbonyl (C=O) groups excluding carboxylic acids is 1. The van der Waals surface area contributed by atoms with Gasteiger partial charge in [-0.25, -0.2) is 0 Å². The maximum absolute atomic E-state index is 12.3. The Balaban J connectivity index is 1.81. The van der Waals surface area contributed by atoms with Gasteiger partial charge < -0.3 is 4.57 Å². The van der Waals surface area contributed by atoms with Gasteiger partial charge in [0.1, 0.15) is 11.6 Å². The third kappa shape index (κ3) is 4.73. The first-order valence-corrected chi connectivity index (χ1v) is 10.9. The molecule has 0 N–H and O–H groups in total. The maximum Gasteiger partial charge on any atom is 0.191 e. The fraction of sp³-hybridized carbons (Fsp3) is 0.632. The molecule has 0 unspecified atom stereocenters. The van der Waals surface area contributed by atoms with Gasteiger partial charge in [-0.05, 0) is 24.3 Å². The van der Waals surface area contributed by atoms with Crippen LogP contribution in [-0.4, -0.2) is 26.3 Å². The van der Waals surface area contributed by atoms with Crippen molar-refractivity contribution in [1.29, 1.82) is 0 Å². The number of thiophene rings is 1. The summed E-state index contributed by atoms with van der Waals surface area (Å²) in [4.78, 5) is 13.6. The standard InChI is InChI=1S/C19H27N3OS2/c1-19(2,3)16(23)13-25-18-21-20-17(12-15-10-7-11-24-15)22(18)14-8-5-4-6-9-14/h7,10-11,14H,4-6,8-9,12-13H2,1-3H3. The van der Waals surface area contributed by atoms with Gasteiger partial charge in [-0.3, -0.25) is 4.79 Å². The van der Waals surface area contributed by atoms with Gasteiger partial charge in [-0.2, -0.15) is 0 Å². The highest BCUT2D eigenvalue weighted by Gasteiger charge is 2.26. The largest absolute Gasteiger partial charge is 0.303 e. The van der Waals surface area contributed by atoms with Crippen molar-refractivity contribution in [3.8, 4) is 0 Å². The molecule has 0 aromatic carbocycles. The van der Waals surface area contributed by atoms with Gasteiger partial charge in [0.05, 0.1) is 5.75 Å². The molecule has 1 saturated carbocycles. The van der Waals surface area contributed by atoms with E-state index in [-0.39, 0.29) is 11.2 Å². The molecule has 0 atom stereocenters. The lowest BCUT2D eigenvalue weighted by molar-refractivity contribution is -0.123. The van der Waals surface area contributed by atoms with Gasteiger partial charge >= 0.3 is 0 Å². The summed E-state index contributed by atoms with van der Waals surface area (Å²) in [6.45, 7) is 5.93. The van der Waals surface area contributed by atoms with Gasteiger partial charge in [0.15, 0.2) is 5.16 Å². The van der Waals surface area contributed by atoms with Crippen molar-refractivity contribution in [2.24, 2.45) is 5.41 Å². The first-order valence-electron chi connectivity index (χ1n) is 9.07. The molecule has 2 aromatic rings. The summed E-state index contributed by atoms with van der Waals surface area (Å²) in [5.41, 5.74) is -0.303. The minimum Gasteiger partial charge on any atom is -0.303 e. The maximum atomic E-state index is 12.3. The summed E-state index contributed by atoms with van der Waals surface area (Å²) in [5, 5.41) is 12.0. The lowest BCUT2D eigenvalue weighted by Crippen LogP contribution is -2.22. The fourth-order valence-electron chi connectivity index (χ4n) is 3.15. The van der Waals surface area contributed by atoms with Crippen LogP contribution in [0.1, 0.15) is 69.6 Å². The van der Waals surface area contributed by atoms with Crippen molar-refractivity contribution in [3.05, 3.63) is 28.2 Å². The van der Waals surface area contributed by atoms with Crippen molar-refractivity contribution < 1.29 is 4.79 Å². The average molecular weight is 378 g/mol. The Morgan fingerprint density at radius 1 is 1.28 bits per heavy atom. The van der Waals surface area contributed by atoms with Crippen LogP contribution in [0.3, 0.4) is 0 Å². The molecular weight excluding hydrogens is 350 g/mol. The van der Waals surface area contributed by atoms with Gasteiger partial charge in [0, 0.05) is 22.8 Å². The molecule has 6 heteroatoms. The molecule has 0 aliphatic heterocycles. The van der Waals surface area contributed by atoms with Crippen LogP contribution in [-0.2, 0) is 11.2 Å². The number of ketones is 1. The Morgan fingerprint density at radius 2 is 2.04 bits per heavy atom. The zero-order chi connectivity index (χ0) is 17.9. The Morgan fingerprint density at radius 3 is 2.68 bits per heavy atom. The molecule has 2 aromatic heterocycles. The Kier molecular flexibility index (Phi) is 6.00. The molecule has 0 radical (unpaired) electrons. The third-order valence-electron chi connectivity index (χ3n) is 4.76. The molecule has 1 fully saturated rings. The van der Waals surface area contributed by atoms with E-state index >= 15 is 0 Å². The topological polar surface area (TPSA) is 47.8 Å². The summed E-state index contributed by atoms with van der Waals surface area (Å²) < 4.78 is 2.33. The highest BCUT2D eigenvalue weighted by atomic mass is 32.2. The number of rotatable bonds is 6. The Hall–Kier alpha value is -1.14. The Labute approximate surface area is 158 Å².